The topological polar surface area (TPSA) is 71.1 Å². The molecule has 2 aliphatic heterocycles. The van der Waals surface area contributed by atoms with Crippen LogP contribution in [0.1, 0.15) is 12.0 Å². The van der Waals surface area contributed by atoms with Crippen molar-refractivity contribution in [3.8, 4) is 6.07 Å². The molecule has 1 atom stereocenters. The molecule has 4 rings (SSSR count). The first-order chi connectivity index (χ1) is 11.8. The average molecular weight is 333 g/mol. The number of hydrogen-bond donors (Lipinski definition) is 2. The number of thioether (sulfide) groups is 1. The summed E-state index contributed by atoms with van der Waals surface area (Å²) in [6.45, 7) is 0. The van der Waals surface area contributed by atoms with Crippen molar-refractivity contribution in [2.75, 3.05) is 5.32 Å². The van der Waals surface area contributed by atoms with Gasteiger partial charge in [0.05, 0.1) is 11.6 Å². The number of anilines is 1. The van der Waals surface area contributed by atoms with Gasteiger partial charge in [-0.25, -0.2) is 0 Å². The van der Waals surface area contributed by atoms with Gasteiger partial charge in [-0.3, -0.25) is 0 Å². The van der Waals surface area contributed by atoms with Crippen LogP contribution in [0.25, 0.3) is 5.76 Å². The first-order valence-electron chi connectivity index (χ1n) is 7.63. The molecule has 2 aromatic rings. The third-order valence-electron chi connectivity index (χ3n) is 4.08. The number of nitriles is 1. The van der Waals surface area contributed by atoms with Crippen LogP contribution < -0.4 is 11.1 Å². The lowest BCUT2D eigenvalue weighted by molar-refractivity contribution is 0.357. The molecule has 0 fully saturated rings. The van der Waals surface area contributed by atoms with E-state index in [-0.39, 0.29) is 5.37 Å². The number of nitrogens with zero attached hydrogens (tertiary/aromatic N) is 1. The second-order valence-corrected chi connectivity index (χ2v) is 6.74. The van der Waals surface area contributed by atoms with Crippen LogP contribution in [0, 0.1) is 11.3 Å². The van der Waals surface area contributed by atoms with Crippen LogP contribution in [-0.2, 0) is 4.74 Å². The lowest BCUT2D eigenvalue weighted by Crippen LogP contribution is -2.23. The molecule has 118 valence electrons. The number of nitrogens with one attached hydrogen (secondary N) is 1. The van der Waals surface area contributed by atoms with E-state index in [9.17, 15) is 5.26 Å². The number of para-hydroxylation sites is 1. The summed E-state index contributed by atoms with van der Waals surface area (Å²) in [5.41, 5.74) is 9.66. The molecule has 0 saturated carbocycles. The third kappa shape index (κ3) is 2.51. The van der Waals surface area contributed by atoms with Gasteiger partial charge in [0.25, 0.3) is 0 Å². The zero-order chi connectivity index (χ0) is 16.5. The molecule has 0 aliphatic carbocycles. The Morgan fingerprint density at radius 3 is 2.62 bits per heavy atom. The second-order valence-electron chi connectivity index (χ2n) is 5.59. The molecule has 2 aromatic carbocycles. The summed E-state index contributed by atoms with van der Waals surface area (Å²) in [5.74, 6) is 0.936. The van der Waals surface area contributed by atoms with Gasteiger partial charge < -0.3 is 15.8 Å². The smallest absolute Gasteiger partial charge is 0.193 e. The second kappa shape index (κ2) is 5.99. The van der Waals surface area contributed by atoms with Crippen molar-refractivity contribution in [2.45, 2.75) is 16.7 Å². The number of nitrogens with two attached hydrogens (primary N) is 1. The molecular formula is C19H15N3OS. The normalized spacial score (nSPS) is 19.4. The number of fused-ring (bicyclic) bond motifs is 1. The zero-order valence-electron chi connectivity index (χ0n) is 12.8. The van der Waals surface area contributed by atoms with E-state index < -0.39 is 0 Å². The minimum absolute atomic E-state index is 0.0110. The lowest BCUT2D eigenvalue weighted by Gasteiger charge is -2.24. The van der Waals surface area contributed by atoms with E-state index in [1.807, 2.05) is 48.5 Å². The maximum Gasteiger partial charge on any atom is 0.193 e. The van der Waals surface area contributed by atoms with E-state index in [4.69, 9.17) is 10.5 Å². The van der Waals surface area contributed by atoms with E-state index in [0.717, 1.165) is 16.8 Å². The molecule has 2 heterocycles. The molecule has 0 aromatic heterocycles. The van der Waals surface area contributed by atoms with Gasteiger partial charge in [-0.05, 0) is 12.1 Å². The number of rotatable bonds is 2. The summed E-state index contributed by atoms with van der Waals surface area (Å²) in [7, 11) is 0. The average Bonchev–Trinajstić information content (AvgIpc) is 3.06. The van der Waals surface area contributed by atoms with Gasteiger partial charge in [0.15, 0.2) is 11.6 Å². The van der Waals surface area contributed by atoms with E-state index in [0.29, 0.717) is 23.6 Å². The molecule has 0 bridgehead atoms. The highest BCUT2D eigenvalue weighted by atomic mass is 32.2. The van der Waals surface area contributed by atoms with Crippen LogP contribution in [0.4, 0.5) is 5.69 Å². The summed E-state index contributed by atoms with van der Waals surface area (Å²) >= 11 is 1.70. The molecule has 4 nitrogen and oxygen atoms in total. The molecule has 24 heavy (non-hydrogen) atoms. The Kier molecular flexibility index (Phi) is 3.68. The lowest BCUT2D eigenvalue weighted by atomic mass is 9.99. The molecule has 2 aliphatic rings. The SMILES string of the molecule is N#CC1=C(c2ccccc2)OC(N)=C(C2Nc3ccccc3S2)C1. The van der Waals surface area contributed by atoms with Crippen molar-refractivity contribution < 1.29 is 4.74 Å². The Morgan fingerprint density at radius 2 is 1.88 bits per heavy atom. The van der Waals surface area contributed by atoms with Crippen molar-refractivity contribution in [2.24, 2.45) is 5.73 Å². The molecule has 3 N–H and O–H groups in total. The summed E-state index contributed by atoms with van der Waals surface area (Å²) in [4.78, 5) is 1.18. The van der Waals surface area contributed by atoms with Crippen LogP contribution in [-0.4, -0.2) is 5.37 Å². The Bertz CT molecular complexity index is 871. The van der Waals surface area contributed by atoms with E-state index in [2.05, 4.69) is 17.5 Å². The van der Waals surface area contributed by atoms with Crippen molar-refractivity contribution in [3.05, 3.63) is 77.2 Å². The van der Waals surface area contributed by atoms with Gasteiger partial charge in [0.1, 0.15) is 5.37 Å². The summed E-state index contributed by atoms with van der Waals surface area (Å²) in [5, 5.41) is 13.0. The number of ether oxygens (including phenoxy) is 1. The van der Waals surface area contributed by atoms with E-state index in [1.165, 1.54) is 4.90 Å². The molecule has 0 amide bonds. The van der Waals surface area contributed by atoms with E-state index >= 15 is 0 Å². The van der Waals surface area contributed by atoms with Crippen molar-refractivity contribution >= 4 is 23.2 Å². The highest BCUT2D eigenvalue weighted by molar-refractivity contribution is 8.00. The third-order valence-corrected chi connectivity index (χ3v) is 5.32. The van der Waals surface area contributed by atoms with Gasteiger partial charge in [-0.1, -0.05) is 54.2 Å². The van der Waals surface area contributed by atoms with Crippen LogP contribution in [0.3, 0.4) is 0 Å². The maximum atomic E-state index is 9.56. The summed E-state index contributed by atoms with van der Waals surface area (Å²) < 4.78 is 5.86. The largest absolute Gasteiger partial charge is 0.440 e. The molecular weight excluding hydrogens is 318 g/mol. The Labute approximate surface area is 144 Å². The van der Waals surface area contributed by atoms with Crippen molar-refractivity contribution in [1.29, 1.82) is 5.26 Å². The maximum absolute atomic E-state index is 9.56. The van der Waals surface area contributed by atoms with Gasteiger partial charge in [-0.15, -0.1) is 0 Å². The highest BCUT2D eigenvalue weighted by Crippen LogP contribution is 2.44. The van der Waals surface area contributed by atoms with Crippen LogP contribution in [0.2, 0.25) is 0 Å². The zero-order valence-corrected chi connectivity index (χ0v) is 13.6. The number of allylic oxidation sites excluding steroid dienone is 1. The monoisotopic (exact) mass is 333 g/mol. The summed E-state index contributed by atoms with van der Waals surface area (Å²) in [6, 6.07) is 20.0. The minimum atomic E-state index is -0.0110. The molecule has 5 heteroatoms. The molecule has 1 unspecified atom stereocenters. The first kappa shape index (κ1) is 14.7. The standard InChI is InChI=1S/C19H15N3OS/c20-11-13-10-14(19-22-15-8-4-5-9-16(15)24-19)18(21)23-17(13)12-6-2-1-3-7-12/h1-9,19,22H,10,21H2. The fourth-order valence-corrected chi connectivity index (χ4v) is 4.07. The molecule has 0 spiro atoms. The van der Waals surface area contributed by atoms with Gasteiger partial charge >= 0.3 is 0 Å². The highest BCUT2D eigenvalue weighted by Gasteiger charge is 2.31. The van der Waals surface area contributed by atoms with Gasteiger partial charge in [0, 0.05) is 28.1 Å². The van der Waals surface area contributed by atoms with Crippen LogP contribution in [0.5, 0.6) is 0 Å². The number of hydrogen-bond acceptors (Lipinski definition) is 5. The van der Waals surface area contributed by atoms with E-state index in [1.54, 1.807) is 11.8 Å². The fourth-order valence-electron chi connectivity index (χ4n) is 2.87. The van der Waals surface area contributed by atoms with Crippen molar-refractivity contribution in [3.63, 3.8) is 0 Å². The summed E-state index contributed by atoms with van der Waals surface area (Å²) in [6.07, 6.45) is 0.491. The van der Waals surface area contributed by atoms with Gasteiger partial charge in [0.2, 0.25) is 0 Å². The Morgan fingerprint density at radius 1 is 1.12 bits per heavy atom. The van der Waals surface area contributed by atoms with Crippen molar-refractivity contribution in [1.82, 2.24) is 0 Å². The quantitative estimate of drug-likeness (QED) is 0.867. The Hall–Kier alpha value is -2.84. The number of benzene rings is 2. The minimum Gasteiger partial charge on any atom is -0.440 e. The first-order valence-corrected chi connectivity index (χ1v) is 8.51. The predicted octanol–water partition coefficient (Wildman–Crippen LogP) is 4.06. The Balaban J connectivity index is 1.63. The predicted molar refractivity (Wildman–Crippen MR) is 95.6 cm³/mol. The van der Waals surface area contributed by atoms with Crippen LogP contribution in [0.15, 0.2) is 76.5 Å². The molecule has 0 radical (unpaired) electrons. The fraction of sp³-hybridized carbons (Fsp3) is 0.105. The van der Waals surface area contributed by atoms with Crippen LogP contribution >= 0.6 is 11.8 Å². The molecule has 0 saturated heterocycles. The van der Waals surface area contributed by atoms with Gasteiger partial charge in [-0.2, -0.15) is 5.26 Å².